The maximum absolute atomic E-state index is 12.2. The Kier molecular flexibility index (Phi) is 6.82. The number of ether oxygens (including phenoxy) is 2. The number of benzene rings is 2. The zero-order valence-corrected chi connectivity index (χ0v) is 16.0. The SMILES string of the molecule is CCOc1ccccc1CCC(=O)NCc1ccc(Oc2nccs2)cc1. The molecule has 5 nitrogen and oxygen atoms in total. The number of nitrogens with zero attached hydrogens (tertiary/aromatic N) is 1. The van der Waals surface area contributed by atoms with Crippen LogP contribution in [0.1, 0.15) is 24.5 Å². The molecule has 1 N–H and O–H groups in total. The van der Waals surface area contributed by atoms with Crippen molar-refractivity contribution in [3.05, 3.63) is 71.2 Å². The Bertz CT molecular complexity index is 848. The quantitative estimate of drug-likeness (QED) is 0.588. The first kappa shape index (κ1) is 18.9. The lowest BCUT2D eigenvalue weighted by Gasteiger charge is -2.10. The van der Waals surface area contributed by atoms with Gasteiger partial charge in [0.15, 0.2) is 0 Å². The molecule has 27 heavy (non-hydrogen) atoms. The van der Waals surface area contributed by atoms with E-state index in [1.165, 1.54) is 11.3 Å². The molecule has 0 atom stereocenters. The van der Waals surface area contributed by atoms with E-state index >= 15 is 0 Å². The predicted octanol–water partition coefficient (Wildman–Crippen LogP) is 4.58. The molecular weight excluding hydrogens is 360 g/mol. The second-order valence-electron chi connectivity index (χ2n) is 5.86. The van der Waals surface area contributed by atoms with Gasteiger partial charge in [0.1, 0.15) is 11.5 Å². The summed E-state index contributed by atoms with van der Waals surface area (Å²) in [7, 11) is 0. The molecular formula is C21H22N2O3S. The summed E-state index contributed by atoms with van der Waals surface area (Å²) < 4.78 is 11.2. The summed E-state index contributed by atoms with van der Waals surface area (Å²) in [6.07, 6.45) is 2.79. The monoisotopic (exact) mass is 382 g/mol. The lowest BCUT2D eigenvalue weighted by atomic mass is 10.1. The third-order valence-corrected chi connectivity index (χ3v) is 4.57. The molecule has 0 radical (unpaired) electrons. The number of carbonyl (C=O) groups is 1. The highest BCUT2D eigenvalue weighted by Gasteiger charge is 2.07. The van der Waals surface area contributed by atoms with Crippen LogP contribution < -0.4 is 14.8 Å². The van der Waals surface area contributed by atoms with Crippen molar-refractivity contribution in [1.82, 2.24) is 10.3 Å². The standard InChI is InChI=1S/C21H22N2O3S/c1-2-25-19-6-4-3-5-17(19)9-12-20(24)23-15-16-7-10-18(11-8-16)26-21-22-13-14-27-21/h3-8,10-11,13-14H,2,9,12,15H2,1H3,(H,23,24). The number of aromatic nitrogens is 1. The van der Waals surface area contributed by atoms with Gasteiger partial charge in [0.25, 0.3) is 5.19 Å². The smallest absolute Gasteiger partial charge is 0.278 e. The van der Waals surface area contributed by atoms with Crippen molar-refractivity contribution in [2.45, 2.75) is 26.3 Å². The number of amides is 1. The summed E-state index contributed by atoms with van der Waals surface area (Å²) in [6, 6.07) is 15.5. The predicted molar refractivity (Wildman–Crippen MR) is 106 cm³/mol. The molecule has 0 unspecified atom stereocenters. The van der Waals surface area contributed by atoms with Crippen LogP contribution in [0.3, 0.4) is 0 Å². The van der Waals surface area contributed by atoms with Crippen LogP contribution in [0.5, 0.6) is 16.7 Å². The molecule has 0 aliphatic heterocycles. The second-order valence-corrected chi connectivity index (χ2v) is 6.72. The fourth-order valence-electron chi connectivity index (χ4n) is 2.58. The van der Waals surface area contributed by atoms with Gasteiger partial charge in [-0.05, 0) is 42.7 Å². The van der Waals surface area contributed by atoms with Crippen LogP contribution >= 0.6 is 11.3 Å². The molecule has 0 aliphatic rings. The number of rotatable bonds is 9. The molecule has 0 spiro atoms. The normalized spacial score (nSPS) is 10.4. The molecule has 0 bridgehead atoms. The molecule has 6 heteroatoms. The largest absolute Gasteiger partial charge is 0.494 e. The van der Waals surface area contributed by atoms with E-state index in [2.05, 4.69) is 10.3 Å². The third kappa shape index (κ3) is 5.82. The van der Waals surface area contributed by atoms with Gasteiger partial charge < -0.3 is 14.8 Å². The van der Waals surface area contributed by atoms with Crippen LogP contribution in [0.15, 0.2) is 60.1 Å². The average molecular weight is 382 g/mol. The lowest BCUT2D eigenvalue weighted by Crippen LogP contribution is -2.23. The highest BCUT2D eigenvalue weighted by molar-refractivity contribution is 7.11. The Morgan fingerprint density at radius 2 is 1.96 bits per heavy atom. The summed E-state index contributed by atoms with van der Waals surface area (Å²) in [5, 5.41) is 5.44. The van der Waals surface area contributed by atoms with Crippen molar-refractivity contribution >= 4 is 17.2 Å². The third-order valence-electron chi connectivity index (χ3n) is 3.92. The summed E-state index contributed by atoms with van der Waals surface area (Å²) in [6.45, 7) is 3.06. The summed E-state index contributed by atoms with van der Waals surface area (Å²) >= 11 is 1.44. The molecule has 0 saturated heterocycles. The molecule has 1 heterocycles. The fraction of sp³-hybridized carbons (Fsp3) is 0.238. The number of thiazole rings is 1. The van der Waals surface area contributed by atoms with E-state index in [4.69, 9.17) is 9.47 Å². The Hall–Kier alpha value is -2.86. The van der Waals surface area contributed by atoms with Crippen molar-refractivity contribution in [1.29, 1.82) is 0 Å². The first-order chi connectivity index (χ1) is 13.2. The van der Waals surface area contributed by atoms with E-state index in [1.54, 1.807) is 6.20 Å². The topological polar surface area (TPSA) is 60.5 Å². The van der Waals surface area contributed by atoms with Crippen molar-refractivity contribution in [2.75, 3.05) is 6.61 Å². The molecule has 3 aromatic rings. The van der Waals surface area contributed by atoms with Crippen molar-refractivity contribution in [3.8, 4) is 16.7 Å². The molecule has 0 aliphatic carbocycles. The van der Waals surface area contributed by atoms with E-state index in [1.807, 2.05) is 60.8 Å². The molecule has 0 saturated carbocycles. The number of para-hydroxylation sites is 1. The molecule has 3 rings (SSSR count). The Morgan fingerprint density at radius 1 is 1.15 bits per heavy atom. The highest BCUT2D eigenvalue weighted by Crippen LogP contribution is 2.23. The minimum Gasteiger partial charge on any atom is -0.494 e. The zero-order valence-electron chi connectivity index (χ0n) is 15.2. The minimum absolute atomic E-state index is 0.0180. The number of hydrogen-bond acceptors (Lipinski definition) is 5. The lowest BCUT2D eigenvalue weighted by molar-refractivity contribution is -0.121. The van der Waals surface area contributed by atoms with E-state index in [9.17, 15) is 4.79 Å². The number of aryl methyl sites for hydroxylation is 1. The van der Waals surface area contributed by atoms with Crippen LogP contribution in [0.2, 0.25) is 0 Å². The van der Waals surface area contributed by atoms with E-state index in [-0.39, 0.29) is 5.91 Å². The summed E-state index contributed by atoms with van der Waals surface area (Å²) in [5.74, 6) is 1.60. The Balaban J connectivity index is 1.45. The number of carbonyl (C=O) groups excluding carboxylic acids is 1. The van der Waals surface area contributed by atoms with Gasteiger partial charge in [-0.25, -0.2) is 4.98 Å². The minimum atomic E-state index is 0.0180. The van der Waals surface area contributed by atoms with E-state index in [0.717, 1.165) is 22.6 Å². The van der Waals surface area contributed by atoms with Gasteiger partial charge in [0, 0.05) is 24.5 Å². The molecule has 1 aromatic heterocycles. The van der Waals surface area contributed by atoms with Gasteiger partial charge in [-0.3, -0.25) is 4.79 Å². The van der Waals surface area contributed by atoms with Crippen LogP contribution in [0.4, 0.5) is 0 Å². The maximum Gasteiger partial charge on any atom is 0.278 e. The summed E-state index contributed by atoms with van der Waals surface area (Å²) in [5.41, 5.74) is 2.07. The van der Waals surface area contributed by atoms with Crippen molar-refractivity contribution in [2.24, 2.45) is 0 Å². The highest BCUT2D eigenvalue weighted by atomic mass is 32.1. The Morgan fingerprint density at radius 3 is 2.70 bits per heavy atom. The van der Waals surface area contributed by atoms with Crippen molar-refractivity contribution in [3.63, 3.8) is 0 Å². The zero-order chi connectivity index (χ0) is 18.9. The van der Waals surface area contributed by atoms with E-state index in [0.29, 0.717) is 31.2 Å². The number of nitrogens with one attached hydrogen (secondary N) is 1. The van der Waals surface area contributed by atoms with Gasteiger partial charge in [0.05, 0.1) is 6.61 Å². The molecule has 0 fully saturated rings. The van der Waals surface area contributed by atoms with Gasteiger partial charge in [0.2, 0.25) is 5.91 Å². The molecule has 140 valence electrons. The number of hydrogen-bond donors (Lipinski definition) is 1. The van der Waals surface area contributed by atoms with Gasteiger partial charge in [-0.2, -0.15) is 0 Å². The van der Waals surface area contributed by atoms with Crippen LogP contribution in [-0.2, 0) is 17.8 Å². The fourth-order valence-corrected chi connectivity index (χ4v) is 3.09. The average Bonchev–Trinajstić information content (AvgIpc) is 3.20. The van der Waals surface area contributed by atoms with Crippen molar-refractivity contribution < 1.29 is 14.3 Å². The van der Waals surface area contributed by atoms with Crippen LogP contribution in [-0.4, -0.2) is 17.5 Å². The first-order valence-corrected chi connectivity index (χ1v) is 9.76. The van der Waals surface area contributed by atoms with E-state index < -0.39 is 0 Å². The first-order valence-electron chi connectivity index (χ1n) is 8.88. The molecule has 2 aromatic carbocycles. The molecule has 1 amide bonds. The second kappa shape index (κ2) is 9.73. The van der Waals surface area contributed by atoms with Gasteiger partial charge in [-0.1, -0.05) is 41.7 Å². The Labute approximate surface area is 163 Å². The van der Waals surface area contributed by atoms with Crippen LogP contribution in [0, 0.1) is 0 Å². The maximum atomic E-state index is 12.2. The summed E-state index contributed by atoms with van der Waals surface area (Å²) in [4.78, 5) is 16.2. The van der Waals surface area contributed by atoms with Gasteiger partial charge in [-0.15, -0.1) is 0 Å². The van der Waals surface area contributed by atoms with Gasteiger partial charge >= 0.3 is 0 Å². The van der Waals surface area contributed by atoms with Crippen LogP contribution in [0.25, 0.3) is 0 Å².